The highest BCUT2D eigenvalue weighted by Crippen LogP contribution is 2.65. The smallest absolute Gasteiger partial charge is 0.127 e. The van der Waals surface area contributed by atoms with E-state index in [-0.39, 0.29) is 11.0 Å². The van der Waals surface area contributed by atoms with Crippen molar-refractivity contribution in [3.05, 3.63) is 70.3 Å². The standard InChI is InChI=1S/C25H28N2O/c1-28-19-10-12-24(13-11-19)15-18-9-8-17(16-6-7-16)14-22(18)25(24)21-5-3-2-4-20(21)23(26)27-25/h2-5,8-9,14,16,19H,6-7,10-13,15H2,1H3,(H2,26,27). The van der Waals surface area contributed by atoms with Gasteiger partial charge in [-0.2, -0.15) is 0 Å². The fourth-order valence-electron chi connectivity index (χ4n) is 6.38. The summed E-state index contributed by atoms with van der Waals surface area (Å²) in [6.07, 6.45) is 8.65. The summed E-state index contributed by atoms with van der Waals surface area (Å²) < 4.78 is 5.71. The third-order valence-corrected chi connectivity index (χ3v) is 7.97. The van der Waals surface area contributed by atoms with Crippen LogP contribution in [0.5, 0.6) is 0 Å². The molecule has 2 aromatic carbocycles. The van der Waals surface area contributed by atoms with Crippen molar-refractivity contribution in [3.8, 4) is 0 Å². The van der Waals surface area contributed by atoms with Crippen LogP contribution >= 0.6 is 0 Å². The third kappa shape index (κ3) is 2.06. The molecular formula is C25H28N2O. The maximum absolute atomic E-state index is 6.54. The summed E-state index contributed by atoms with van der Waals surface area (Å²) in [5, 5.41) is 0. The van der Waals surface area contributed by atoms with Gasteiger partial charge >= 0.3 is 0 Å². The number of ether oxygens (including phenoxy) is 1. The van der Waals surface area contributed by atoms with E-state index in [1.54, 1.807) is 0 Å². The van der Waals surface area contributed by atoms with Crippen molar-refractivity contribution in [1.82, 2.24) is 0 Å². The Morgan fingerprint density at radius 2 is 1.79 bits per heavy atom. The predicted molar refractivity (Wildman–Crippen MR) is 112 cm³/mol. The van der Waals surface area contributed by atoms with Gasteiger partial charge in [-0.15, -0.1) is 0 Å². The van der Waals surface area contributed by atoms with Gasteiger partial charge in [-0.3, -0.25) is 4.99 Å². The highest BCUT2D eigenvalue weighted by atomic mass is 16.5. The summed E-state index contributed by atoms with van der Waals surface area (Å²) in [4.78, 5) is 5.33. The summed E-state index contributed by atoms with van der Waals surface area (Å²) in [6, 6.07) is 15.9. The monoisotopic (exact) mass is 372 g/mol. The molecule has 2 N–H and O–H groups in total. The number of nitrogens with two attached hydrogens (primary N) is 1. The van der Waals surface area contributed by atoms with E-state index in [0.717, 1.165) is 43.6 Å². The minimum atomic E-state index is -0.313. The molecule has 0 aromatic heterocycles. The Hall–Kier alpha value is -2.13. The van der Waals surface area contributed by atoms with Crippen molar-refractivity contribution in [3.63, 3.8) is 0 Å². The number of hydrogen-bond acceptors (Lipinski definition) is 3. The Balaban J connectivity index is 1.58. The van der Waals surface area contributed by atoms with E-state index in [9.17, 15) is 0 Å². The van der Waals surface area contributed by atoms with Crippen molar-refractivity contribution in [1.29, 1.82) is 0 Å². The van der Waals surface area contributed by atoms with Gasteiger partial charge in [-0.25, -0.2) is 0 Å². The van der Waals surface area contributed by atoms with E-state index < -0.39 is 0 Å². The molecule has 4 aliphatic rings. The number of hydrogen-bond donors (Lipinski definition) is 1. The minimum Gasteiger partial charge on any atom is -0.383 e. The summed E-state index contributed by atoms with van der Waals surface area (Å²) in [5.41, 5.74) is 13.2. The topological polar surface area (TPSA) is 47.6 Å². The second-order valence-corrected chi connectivity index (χ2v) is 9.34. The number of amidine groups is 1. The van der Waals surface area contributed by atoms with Crippen LogP contribution in [0.3, 0.4) is 0 Å². The lowest BCUT2D eigenvalue weighted by Gasteiger charge is -2.47. The van der Waals surface area contributed by atoms with Crippen molar-refractivity contribution in [2.45, 2.75) is 62.5 Å². The minimum absolute atomic E-state index is 0.115. The number of nitrogens with zero attached hydrogens (tertiary/aromatic N) is 1. The molecule has 2 fully saturated rings. The van der Waals surface area contributed by atoms with Gasteiger partial charge in [0.15, 0.2) is 0 Å². The fraction of sp³-hybridized carbons (Fsp3) is 0.480. The molecule has 3 aliphatic carbocycles. The van der Waals surface area contributed by atoms with Crippen LogP contribution in [0.15, 0.2) is 47.5 Å². The average molecular weight is 373 g/mol. The molecule has 1 aliphatic heterocycles. The molecule has 3 heteroatoms. The number of methoxy groups -OCH3 is 1. The highest BCUT2D eigenvalue weighted by Gasteiger charge is 2.62. The SMILES string of the molecule is COC1CCC2(CC1)Cc1ccc(C3CC3)cc1C21N=C(N)c2ccccc21. The van der Waals surface area contributed by atoms with E-state index in [4.69, 9.17) is 15.5 Å². The molecule has 2 saturated carbocycles. The largest absolute Gasteiger partial charge is 0.383 e. The Morgan fingerprint density at radius 3 is 2.54 bits per heavy atom. The molecule has 0 saturated heterocycles. The molecule has 1 atom stereocenters. The first kappa shape index (κ1) is 16.8. The summed E-state index contributed by atoms with van der Waals surface area (Å²) >= 11 is 0. The van der Waals surface area contributed by atoms with E-state index in [2.05, 4.69) is 42.5 Å². The molecule has 0 radical (unpaired) electrons. The molecule has 0 amide bonds. The number of aliphatic imine (C=N–C) groups is 1. The zero-order valence-corrected chi connectivity index (χ0v) is 16.6. The van der Waals surface area contributed by atoms with Crippen molar-refractivity contribution in [2.24, 2.45) is 16.1 Å². The van der Waals surface area contributed by atoms with E-state index in [1.807, 2.05) is 7.11 Å². The average Bonchev–Trinajstić information content (AvgIpc) is 3.49. The first-order valence-corrected chi connectivity index (χ1v) is 10.8. The Morgan fingerprint density at radius 1 is 1.00 bits per heavy atom. The van der Waals surface area contributed by atoms with Crippen LogP contribution in [0, 0.1) is 5.41 Å². The van der Waals surface area contributed by atoms with E-state index in [1.165, 1.54) is 35.1 Å². The van der Waals surface area contributed by atoms with Gasteiger partial charge in [-0.1, -0.05) is 42.5 Å². The van der Waals surface area contributed by atoms with Crippen LogP contribution < -0.4 is 5.73 Å². The van der Waals surface area contributed by atoms with Crippen molar-refractivity contribution < 1.29 is 4.74 Å². The molecular weight excluding hydrogens is 344 g/mol. The lowest BCUT2D eigenvalue weighted by Crippen LogP contribution is -2.45. The molecule has 2 spiro atoms. The van der Waals surface area contributed by atoms with Gasteiger partial charge in [0.25, 0.3) is 0 Å². The molecule has 3 nitrogen and oxygen atoms in total. The van der Waals surface area contributed by atoms with Crippen LogP contribution in [0.4, 0.5) is 0 Å². The van der Waals surface area contributed by atoms with Crippen molar-refractivity contribution in [2.75, 3.05) is 7.11 Å². The number of fused-ring (bicyclic) bond motifs is 5. The second kappa shape index (κ2) is 5.70. The van der Waals surface area contributed by atoms with Gasteiger partial charge in [-0.05, 0) is 73.1 Å². The summed E-state index contributed by atoms with van der Waals surface area (Å²) in [5.74, 6) is 1.47. The molecule has 2 aromatic rings. The molecule has 28 heavy (non-hydrogen) atoms. The number of rotatable bonds is 2. The Bertz CT molecular complexity index is 982. The summed E-state index contributed by atoms with van der Waals surface area (Å²) in [7, 11) is 1.85. The molecule has 6 rings (SSSR count). The first-order chi connectivity index (χ1) is 13.7. The maximum atomic E-state index is 6.54. The summed E-state index contributed by atoms with van der Waals surface area (Å²) in [6.45, 7) is 0. The first-order valence-electron chi connectivity index (χ1n) is 10.8. The predicted octanol–water partition coefficient (Wildman–Crippen LogP) is 4.66. The maximum Gasteiger partial charge on any atom is 0.127 e. The Kier molecular flexibility index (Phi) is 3.42. The van der Waals surface area contributed by atoms with Gasteiger partial charge in [0.2, 0.25) is 0 Å². The lowest BCUT2D eigenvalue weighted by molar-refractivity contribution is 0.00684. The van der Waals surface area contributed by atoms with Crippen molar-refractivity contribution >= 4 is 5.84 Å². The molecule has 1 heterocycles. The van der Waals surface area contributed by atoms with Gasteiger partial charge in [0.05, 0.1) is 6.10 Å². The third-order valence-electron chi connectivity index (χ3n) is 7.97. The van der Waals surface area contributed by atoms with Gasteiger partial charge in [0, 0.05) is 18.1 Å². The van der Waals surface area contributed by atoms with Crippen LogP contribution in [0.2, 0.25) is 0 Å². The zero-order chi connectivity index (χ0) is 18.9. The fourth-order valence-corrected chi connectivity index (χ4v) is 6.38. The molecule has 1 unspecified atom stereocenters. The van der Waals surface area contributed by atoms with Gasteiger partial charge in [0.1, 0.15) is 11.4 Å². The Labute approximate surface area is 167 Å². The quantitative estimate of drug-likeness (QED) is 0.833. The molecule has 144 valence electrons. The van der Waals surface area contributed by atoms with E-state index in [0.29, 0.717) is 11.9 Å². The molecule has 0 bridgehead atoms. The zero-order valence-electron chi connectivity index (χ0n) is 16.6. The van der Waals surface area contributed by atoms with Crippen LogP contribution in [0.25, 0.3) is 0 Å². The van der Waals surface area contributed by atoms with E-state index >= 15 is 0 Å². The number of benzene rings is 2. The van der Waals surface area contributed by atoms with Gasteiger partial charge < -0.3 is 10.5 Å². The second-order valence-electron chi connectivity index (χ2n) is 9.34. The van der Waals surface area contributed by atoms with Crippen LogP contribution in [-0.4, -0.2) is 19.0 Å². The lowest BCUT2D eigenvalue weighted by atomic mass is 9.59. The van der Waals surface area contributed by atoms with Crippen LogP contribution in [-0.2, 0) is 16.7 Å². The highest BCUT2D eigenvalue weighted by molar-refractivity contribution is 6.03. The normalized spacial score (nSPS) is 33.2. The van der Waals surface area contributed by atoms with Crippen LogP contribution in [0.1, 0.15) is 72.3 Å².